The van der Waals surface area contributed by atoms with E-state index in [1.54, 1.807) is 12.1 Å². The molecule has 0 aliphatic carbocycles. The lowest BCUT2D eigenvalue weighted by molar-refractivity contribution is 0.217. The zero-order valence-electron chi connectivity index (χ0n) is 10.9. The van der Waals surface area contributed by atoms with Gasteiger partial charge in [-0.2, -0.15) is 0 Å². The van der Waals surface area contributed by atoms with Crippen LogP contribution in [0.2, 0.25) is 0 Å². The van der Waals surface area contributed by atoms with Crippen LogP contribution in [0.3, 0.4) is 0 Å². The lowest BCUT2D eigenvalue weighted by Gasteiger charge is -2.32. The molecular formula is C14H20F2N2. The molecule has 2 rings (SSSR count). The third-order valence-electron chi connectivity index (χ3n) is 3.56. The Morgan fingerprint density at radius 3 is 2.89 bits per heavy atom. The van der Waals surface area contributed by atoms with Crippen molar-refractivity contribution in [3.8, 4) is 0 Å². The molecule has 1 heterocycles. The molecule has 1 N–H and O–H groups in total. The van der Waals surface area contributed by atoms with E-state index in [0.29, 0.717) is 11.6 Å². The van der Waals surface area contributed by atoms with Gasteiger partial charge in [-0.15, -0.1) is 0 Å². The van der Waals surface area contributed by atoms with Crippen LogP contribution in [-0.4, -0.2) is 31.1 Å². The number of hydrogen-bond acceptors (Lipinski definition) is 2. The van der Waals surface area contributed by atoms with Gasteiger partial charge in [0.1, 0.15) is 0 Å². The molecule has 1 aliphatic rings. The third kappa shape index (κ3) is 3.06. The highest BCUT2D eigenvalue weighted by Crippen LogP contribution is 2.20. The van der Waals surface area contributed by atoms with Gasteiger partial charge in [0.05, 0.1) is 0 Å². The Morgan fingerprint density at radius 2 is 2.17 bits per heavy atom. The summed E-state index contributed by atoms with van der Waals surface area (Å²) < 4.78 is 26.8. The van der Waals surface area contributed by atoms with Gasteiger partial charge in [0, 0.05) is 24.2 Å². The first-order valence-corrected chi connectivity index (χ1v) is 6.46. The largest absolute Gasteiger partial charge is 0.306 e. The molecule has 18 heavy (non-hydrogen) atoms. The first-order valence-electron chi connectivity index (χ1n) is 6.46. The van der Waals surface area contributed by atoms with Crippen molar-refractivity contribution in [2.45, 2.75) is 31.8 Å². The van der Waals surface area contributed by atoms with Crippen molar-refractivity contribution in [3.63, 3.8) is 0 Å². The van der Waals surface area contributed by atoms with Crippen LogP contribution in [0.5, 0.6) is 0 Å². The Kier molecular flexibility index (Phi) is 4.30. The molecule has 0 radical (unpaired) electrons. The fourth-order valence-corrected chi connectivity index (χ4v) is 2.60. The molecule has 4 heteroatoms. The van der Waals surface area contributed by atoms with Crippen molar-refractivity contribution < 1.29 is 8.78 Å². The number of rotatable bonds is 3. The zero-order valence-corrected chi connectivity index (χ0v) is 10.9. The molecule has 2 atom stereocenters. The summed E-state index contributed by atoms with van der Waals surface area (Å²) in [6.07, 6.45) is 2.23. The predicted molar refractivity (Wildman–Crippen MR) is 68.4 cm³/mol. The quantitative estimate of drug-likeness (QED) is 0.892. The van der Waals surface area contributed by atoms with E-state index in [1.165, 1.54) is 0 Å². The first-order chi connectivity index (χ1) is 8.58. The predicted octanol–water partition coefficient (Wildman–Crippen LogP) is 2.71. The van der Waals surface area contributed by atoms with Crippen LogP contribution in [0.4, 0.5) is 8.78 Å². The molecule has 1 saturated heterocycles. The van der Waals surface area contributed by atoms with Crippen LogP contribution in [0.1, 0.15) is 31.4 Å². The molecule has 0 spiro atoms. The van der Waals surface area contributed by atoms with Crippen molar-refractivity contribution in [2.75, 3.05) is 20.1 Å². The summed E-state index contributed by atoms with van der Waals surface area (Å²) in [6.45, 7) is 3.95. The number of nitrogens with one attached hydrogen (secondary N) is 1. The number of nitrogens with zero attached hydrogens (tertiary/aromatic N) is 1. The number of benzene rings is 1. The Balaban J connectivity index is 2.02. The van der Waals surface area contributed by atoms with E-state index in [1.807, 2.05) is 6.92 Å². The van der Waals surface area contributed by atoms with Gasteiger partial charge in [-0.25, -0.2) is 8.78 Å². The van der Waals surface area contributed by atoms with E-state index in [4.69, 9.17) is 0 Å². The Labute approximate surface area is 107 Å². The molecule has 2 unspecified atom stereocenters. The second-order valence-corrected chi connectivity index (χ2v) is 5.13. The maximum absolute atomic E-state index is 13.7. The molecule has 0 amide bonds. The van der Waals surface area contributed by atoms with Crippen molar-refractivity contribution >= 4 is 0 Å². The summed E-state index contributed by atoms with van der Waals surface area (Å²) in [6, 6.07) is 4.53. The van der Waals surface area contributed by atoms with Gasteiger partial charge < -0.3 is 10.2 Å². The van der Waals surface area contributed by atoms with Crippen LogP contribution in [0.15, 0.2) is 18.2 Å². The van der Waals surface area contributed by atoms with Crippen LogP contribution in [0, 0.1) is 11.6 Å². The van der Waals surface area contributed by atoms with Gasteiger partial charge in [0.25, 0.3) is 0 Å². The maximum atomic E-state index is 13.7. The van der Waals surface area contributed by atoms with Gasteiger partial charge in [-0.05, 0) is 39.4 Å². The standard InChI is InChI=1S/C14H20F2N2/c1-10(12-6-3-7-13(15)14(12)16)17-11-5-4-8-18(2)9-11/h3,6-7,10-11,17H,4-5,8-9H2,1-2H3. The lowest BCUT2D eigenvalue weighted by Crippen LogP contribution is -2.44. The van der Waals surface area contributed by atoms with Crippen LogP contribution in [-0.2, 0) is 0 Å². The summed E-state index contributed by atoms with van der Waals surface area (Å²) in [4.78, 5) is 2.26. The van der Waals surface area contributed by atoms with E-state index in [-0.39, 0.29) is 6.04 Å². The van der Waals surface area contributed by atoms with Crippen LogP contribution >= 0.6 is 0 Å². The molecule has 1 aromatic rings. The lowest BCUT2D eigenvalue weighted by atomic mass is 10.0. The molecule has 1 aromatic carbocycles. The summed E-state index contributed by atoms with van der Waals surface area (Å²) in [7, 11) is 2.08. The van der Waals surface area contributed by atoms with Gasteiger partial charge >= 0.3 is 0 Å². The summed E-state index contributed by atoms with van der Waals surface area (Å²) >= 11 is 0. The number of piperidine rings is 1. The molecular weight excluding hydrogens is 234 g/mol. The monoisotopic (exact) mass is 254 g/mol. The third-order valence-corrected chi connectivity index (χ3v) is 3.56. The minimum absolute atomic E-state index is 0.169. The maximum Gasteiger partial charge on any atom is 0.163 e. The summed E-state index contributed by atoms with van der Waals surface area (Å²) in [5.41, 5.74) is 0.406. The summed E-state index contributed by atoms with van der Waals surface area (Å²) in [5, 5.41) is 3.39. The normalized spacial score (nSPS) is 23.0. The fourth-order valence-electron chi connectivity index (χ4n) is 2.60. The van der Waals surface area contributed by atoms with Gasteiger partial charge in [0.15, 0.2) is 11.6 Å². The Morgan fingerprint density at radius 1 is 1.39 bits per heavy atom. The highest BCUT2D eigenvalue weighted by molar-refractivity contribution is 5.22. The molecule has 100 valence electrons. The van der Waals surface area contributed by atoms with E-state index < -0.39 is 11.6 Å². The van der Waals surface area contributed by atoms with E-state index in [0.717, 1.165) is 32.0 Å². The smallest absolute Gasteiger partial charge is 0.163 e. The first kappa shape index (κ1) is 13.4. The number of halogens is 2. The molecule has 0 aromatic heterocycles. The minimum atomic E-state index is -0.776. The molecule has 0 saturated carbocycles. The minimum Gasteiger partial charge on any atom is -0.306 e. The zero-order chi connectivity index (χ0) is 13.1. The molecule has 2 nitrogen and oxygen atoms in total. The average Bonchev–Trinajstić information content (AvgIpc) is 2.32. The number of hydrogen-bond donors (Lipinski definition) is 1. The van der Waals surface area contributed by atoms with Gasteiger partial charge in [-0.1, -0.05) is 12.1 Å². The molecule has 1 fully saturated rings. The van der Waals surface area contributed by atoms with Crippen molar-refractivity contribution in [2.24, 2.45) is 0 Å². The highest BCUT2D eigenvalue weighted by Gasteiger charge is 2.21. The number of likely N-dealkylation sites (N-methyl/N-ethyl adjacent to an activating group) is 1. The molecule has 0 bridgehead atoms. The second-order valence-electron chi connectivity index (χ2n) is 5.13. The van der Waals surface area contributed by atoms with Crippen LogP contribution < -0.4 is 5.32 Å². The Bertz CT molecular complexity index is 409. The van der Waals surface area contributed by atoms with E-state index in [2.05, 4.69) is 17.3 Å². The highest BCUT2D eigenvalue weighted by atomic mass is 19.2. The molecule has 1 aliphatic heterocycles. The Hall–Kier alpha value is -1.00. The van der Waals surface area contributed by atoms with Crippen LogP contribution in [0.25, 0.3) is 0 Å². The topological polar surface area (TPSA) is 15.3 Å². The van der Waals surface area contributed by atoms with Crippen molar-refractivity contribution in [3.05, 3.63) is 35.4 Å². The summed E-state index contributed by atoms with van der Waals surface area (Å²) in [5.74, 6) is -1.51. The van der Waals surface area contributed by atoms with Crippen molar-refractivity contribution in [1.29, 1.82) is 0 Å². The SMILES string of the molecule is CC(NC1CCCN(C)C1)c1cccc(F)c1F. The second kappa shape index (κ2) is 5.76. The van der Waals surface area contributed by atoms with E-state index >= 15 is 0 Å². The fraction of sp³-hybridized carbons (Fsp3) is 0.571. The van der Waals surface area contributed by atoms with Gasteiger partial charge in [-0.3, -0.25) is 0 Å². The van der Waals surface area contributed by atoms with Crippen molar-refractivity contribution in [1.82, 2.24) is 10.2 Å². The van der Waals surface area contributed by atoms with Gasteiger partial charge in [0.2, 0.25) is 0 Å². The average molecular weight is 254 g/mol. The van der Waals surface area contributed by atoms with E-state index in [9.17, 15) is 8.78 Å². The number of likely N-dealkylation sites (tertiary alicyclic amines) is 1.